The first kappa shape index (κ1) is 22.2. The summed E-state index contributed by atoms with van der Waals surface area (Å²) >= 11 is 0. The van der Waals surface area contributed by atoms with Crippen molar-refractivity contribution < 1.29 is 4.79 Å². The molecule has 0 aromatic heterocycles. The molecule has 1 saturated heterocycles. The number of nitrogens with one attached hydrogen (secondary N) is 2. The van der Waals surface area contributed by atoms with Gasteiger partial charge >= 0.3 is 0 Å². The molecule has 1 aromatic rings. The third-order valence-corrected chi connectivity index (χ3v) is 3.97. The maximum absolute atomic E-state index is 12.2. The topological polar surface area (TPSA) is 44.4 Å². The summed E-state index contributed by atoms with van der Waals surface area (Å²) in [5, 5.41) is 6.62. The Morgan fingerprint density at radius 2 is 2.00 bits per heavy atom. The number of hydrogen-bond donors (Lipinski definition) is 2. The van der Waals surface area contributed by atoms with Gasteiger partial charge in [-0.25, -0.2) is 0 Å². The van der Waals surface area contributed by atoms with E-state index in [9.17, 15) is 4.79 Å². The number of hydrogen-bond acceptors (Lipinski definition) is 3. The molecule has 2 rings (SSSR count). The smallest absolute Gasteiger partial charge is 0.220 e. The molecule has 4 nitrogen and oxygen atoms in total. The van der Waals surface area contributed by atoms with Crippen LogP contribution in [0.4, 0.5) is 0 Å². The van der Waals surface area contributed by atoms with Crippen molar-refractivity contribution in [2.24, 2.45) is 0 Å². The lowest BCUT2D eigenvalue weighted by Gasteiger charge is -2.23. The summed E-state index contributed by atoms with van der Waals surface area (Å²) < 4.78 is 0. The highest BCUT2D eigenvalue weighted by Gasteiger charge is 2.18. The molecular formula is C17H29Cl2N3O. The van der Waals surface area contributed by atoms with Gasteiger partial charge in [-0.05, 0) is 45.5 Å². The van der Waals surface area contributed by atoms with Gasteiger partial charge in [0.1, 0.15) is 0 Å². The van der Waals surface area contributed by atoms with Gasteiger partial charge in [-0.15, -0.1) is 24.8 Å². The van der Waals surface area contributed by atoms with Gasteiger partial charge in [0.15, 0.2) is 0 Å². The second-order valence-electron chi connectivity index (χ2n) is 6.12. The molecule has 0 aliphatic carbocycles. The number of amides is 1. The SMILES string of the molecule is CN(C)CC(NC(=O)CCC1CCCN1)c1ccccc1.Cl.Cl. The molecule has 132 valence electrons. The lowest BCUT2D eigenvalue weighted by Crippen LogP contribution is -2.36. The minimum atomic E-state index is 0. The van der Waals surface area contributed by atoms with Crippen LogP contribution in [0.5, 0.6) is 0 Å². The highest BCUT2D eigenvalue weighted by molar-refractivity contribution is 5.85. The van der Waals surface area contributed by atoms with Gasteiger partial charge in [0.2, 0.25) is 5.91 Å². The number of likely N-dealkylation sites (N-methyl/N-ethyl adjacent to an activating group) is 1. The molecular weight excluding hydrogens is 333 g/mol. The van der Waals surface area contributed by atoms with Crippen molar-refractivity contribution in [3.05, 3.63) is 35.9 Å². The van der Waals surface area contributed by atoms with E-state index in [4.69, 9.17) is 0 Å². The average Bonchev–Trinajstić information content (AvgIpc) is 2.98. The van der Waals surface area contributed by atoms with Gasteiger partial charge in [-0.2, -0.15) is 0 Å². The first-order chi connectivity index (χ1) is 10.1. The second kappa shape index (κ2) is 11.7. The third kappa shape index (κ3) is 8.02. The minimum absolute atomic E-state index is 0. The monoisotopic (exact) mass is 361 g/mol. The van der Waals surface area contributed by atoms with Crippen molar-refractivity contribution in [2.45, 2.75) is 37.8 Å². The molecule has 23 heavy (non-hydrogen) atoms. The summed E-state index contributed by atoms with van der Waals surface area (Å²) in [6.45, 7) is 1.91. The van der Waals surface area contributed by atoms with Gasteiger partial charge < -0.3 is 15.5 Å². The average molecular weight is 362 g/mol. The largest absolute Gasteiger partial charge is 0.348 e. The second-order valence-corrected chi connectivity index (χ2v) is 6.12. The van der Waals surface area contributed by atoms with Gasteiger partial charge in [0.25, 0.3) is 0 Å². The van der Waals surface area contributed by atoms with E-state index in [1.54, 1.807) is 0 Å². The van der Waals surface area contributed by atoms with Gasteiger partial charge in [-0.3, -0.25) is 4.79 Å². The molecule has 0 saturated carbocycles. The van der Waals surface area contributed by atoms with Crippen molar-refractivity contribution in [1.82, 2.24) is 15.5 Å². The predicted molar refractivity (Wildman–Crippen MR) is 101 cm³/mol. The molecule has 1 aliphatic heterocycles. The van der Waals surface area contributed by atoms with Crippen LogP contribution in [0.25, 0.3) is 0 Å². The van der Waals surface area contributed by atoms with E-state index >= 15 is 0 Å². The summed E-state index contributed by atoms with van der Waals surface area (Å²) in [6.07, 6.45) is 3.98. The Bertz CT molecular complexity index is 437. The van der Waals surface area contributed by atoms with Crippen LogP contribution in [0.1, 0.15) is 37.3 Å². The van der Waals surface area contributed by atoms with E-state index in [0.29, 0.717) is 12.5 Å². The standard InChI is InChI=1S/C17H27N3O.2ClH/c1-20(2)13-16(14-7-4-3-5-8-14)19-17(21)11-10-15-9-6-12-18-15;;/h3-5,7-8,15-16,18H,6,9-13H2,1-2H3,(H,19,21);2*1H. The van der Waals surface area contributed by atoms with Gasteiger partial charge in [-0.1, -0.05) is 30.3 Å². The van der Waals surface area contributed by atoms with Gasteiger partial charge in [0.05, 0.1) is 6.04 Å². The van der Waals surface area contributed by atoms with E-state index in [2.05, 4.69) is 27.7 Å². The van der Waals surface area contributed by atoms with E-state index in [-0.39, 0.29) is 36.8 Å². The fourth-order valence-corrected chi connectivity index (χ4v) is 2.86. The van der Waals surface area contributed by atoms with E-state index in [0.717, 1.165) is 19.5 Å². The van der Waals surface area contributed by atoms with E-state index < -0.39 is 0 Å². The zero-order chi connectivity index (χ0) is 15.1. The molecule has 1 amide bonds. The molecule has 0 radical (unpaired) electrons. The van der Waals surface area contributed by atoms with Crippen LogP contribution in [-0.4, -0.2) is 44.0 Å². The van der Waals surface area contributed by atoms with Crippen LogP contribution in [0.2, 0.25) is 0 Å². The molecule has 1 heterocycles. The highest BCUT2D eigenvalue weighted by atomic mass is 35.5. The van der Waals surface area contributed by atoms with Crippen molar-refractivity contribution >= 4 is 30.7 Å². The molecule has 1 aromatic carbocycles. The normalized spacial score (nSPS) is 18.0. The van der Waals surface area contributed by atoms with Crippen molar-refractivity contribution in [3.63, 3.8) is 0 Å². The molecule has 1 aliphatic rings. The minimum Gasteiger partial charge on any atom is -0.348 e. The quantitative estimate of drug-likeness (QED) is 0.784. The Morgan fingerprint density at radius 3 is 2.57 bits per heavy atom. The summed E-state index contributed by atoms with van der Waals surface area (Å²) in [7, 11) is 4.06. The van der Waals surface area contributed by atoms with Crippen molar-refractivity contribution in [1.29, 1.82) is 0 Å². The van der Waals surface area contributed by atoms with Crippen LogP contribution in [-0.2, 0) is 4.79 Å². The molecule has 0 spiro atoms. The number of carbonyl (C=O) groups excluding carboxylic acids is 1. The molecule has 6 heteroatoms. The number of halogens is 2. The first-order valence-corrected chi connectivity index (χ1v) is 7.87. The van der Waals surface area contributed by atoms with Crippen LogP contribution in [0, 0.1) is 0 Å². The number of carbonyl (C=O) groups is 1. The molecule has 0 bridgehead atoms. The number of benzene rings is 1. The molecule has 2 unspecified atom stereocenters. The Morgan fingerprint density at radius 1 is 1.30 bits per heavy atom. The third-order valence-electron chi connectivity index (χ3n) is 3.97. The van der Waals surface area contributed by atoms with Crippen molar-refractivity contribution in [2.75, 3.05) is 27.2 Å². The zero-order valence-corrected chi connectivity index (χ0v) is 15.6. The van der Waals surface area contributed by atoms with Crippen LogP contribution in [0.15, 0.2) is 30.3 Å². The van der Waals surface area contributed by atoms with Crippen LogP contribution in [0.3, 0.4) is 0 Å². The summed E-state index contributed by atoms with van der Waals surface area (Å²) in [6, 6.07) is 10.8. The lowest BCUT2D eigenvalue weighted by atomic mass is 10.1. The Hall–Kier alpha value is -0.810. The molecule has 1 fully saturated rings. The Kier molecular flexibility index (Phi) is 11.3. The van der Waals surface area contributed by atoms with Crippen LogP contribution >= 0.6 is 24.8 Å². The Labute approximate surface area is 152 Å². The predicted octanol–water partition coefficient (Wildman–Crippen LogP) is 2.78. The zero-order valence-electron chi connectivity index (χ0n) is 14.0. The Balaban J connectivity index is 0.00000242. The van der Waals surface area contributed by atoms with Crippen LogP contribution < -0.4 is 10.6 Å². The first-order valence-electron chi connectivity index (χ1n) is 7.87. The maximum Gasteiger partial charge on any atom is 0.220 e. The summed E-state index contributed by atoms with van der Waals surface area (Å²) in [5.74, 6) is 0.152. The fourth-order valence-electron chi connectivity index (χ4n) is 2.86. The molecule has 2 N–H and O–H groups in total. The van der Waals surface area contributed by atoms with E-state index in [1.165, 1.54) is 18.4 Å². The number of nitrogens with zero attached hydrogens (tertiary/aromatic N) is 1. The maximum atomic E-state index is 12.2. The fraction of sp³-hybridized carbons (Fsp3) is 0.588. The summed E-state index contributed by atoms with van der Waals surface area (Å²) in [4.78, 5) is 14.3. The molecule has 2 atom stereocenters. The lowest BCUT2D eigenvalue weighted by molar-refractivity contribution is -0.122. The van der Waals surface area contributed by atoms with Gasteiger partial charge in [0, 0.05) is 19.0 Å². The highest BCUT2D eigenvalue weighted by Crippen LogP contribution is 2.15. The van der Waals surface area contributed by atoms with E-state index in [1.807, 2.05) is 32.3 Å². The van der Waals surface area contributed by atoms with Crippen molar-refractivity contribution in [3.8, 4) is 0 Å². The number of rotatable bonds is 7. The summed E-state index contributed by atoms with van der Waals surface area (Å²) in [5.41, 5.74) is 1.17.